The highest BCUT2D eigenvalue weighted by Crippen LogP contribution is 2.25. The fourth-order valence-electron chi connectivity index (χ4n) is 2.17. The van der Waals surface area contributed by atoms with Crippen molar-refractivity contribution in [1.29, 1.82) is 0 Å². The quantitative estimate of drug-likeness (QED) is 0.604. The molecule has 9 heteroatoms. The molecule has 0 aliphatic heterocycles. The van der Waals surface area contributed by atoms with Crippen molar-refractivity contribution >= 4 is 46.3 Å². The van der Waals surface area contributed by atoms with E-state index >= 15 is 0 Å². The van der Waals surface area contributed by atoms with E-state index in [0.29, 0.717) is 28.2 Å². The summed E-state index contributed by atoms with van der Waals surface area (Å²) in [7, 11) is 0. The van der Waals surface area contributed by atoms with Crippen LogP contribution in [0.4, 0.5) is 5.69 Å². The summed E-state index contributed by atoms with van der Waals surface area (Å²) in [6.07, 6.45) is 0.486. The number of carbonyl (C=O) groups is 1. The molecule has 0 aliphatic rings. The van der Waals surface area contributed by atoms with E-state index in [-0.39, 0.29) is 5.91 Å². The van der Waals surface area contributed by atoms with Crippen LogP contribution in [0.3, 0.4) is 0 Å². The Bertz CT molecular complexity index is 925. The summed E-state index contributed by atoms with van der Waals surface area (Å²) >= 11 is 8.78. The molecule has 1 aromatic carbocycles. The zero-order chi connectivity index (χ0) is 18.7. The molecule has 3 aromatic rings. The standard InChI is InChI=1S/C17H17ClN4O2S2/c1-9-4-5-12(18)6-14(9)20-16(23)10(2)26-17-22-21-15(24-17)7-13-8-25-11(3)19-13/h4-6,8,10H,7H2,1-3H3,(H,20,23)/t10-/m0/s1. The number of rotatable bonds is 6. The lowest BCUT2D eigenvalue weighted by molar-refractivity contribution is -0.115. The second-order valence-electron chi connectivity index (χ2n) is 5.70. The van der Waals surface area contributed by atoms with Crippen LogP contribution in [0, 0.1) is 13.8 Å². The predicted molar refractivity (Wildman–Crippen MR) is 104 cm³/mol. The number of aryl methyl sites for hydroxylation is 2. The number of halogens is 1. The maximum Gasteiger partial charge on any atom is 0.277 e. The van der Waals surface area contributed by atoms with Crippen LogP contribution >= 0.6 is 34.7 Å². The maximum atomic E-state index is 12.4. The number of aromatic nitrogens is 3. The van der Waals surface area contributed by atoms with Gasteiger partial charge in [0.1, 0.15) is 0 Å². The second kappa shape index (κ2) is 8.20. The molecule has 0 unspecified atom stereocenters. The first-order valence-electron chi connectivity index (χ1n) is 7.88. The number of thioether (sulfide) groups is 1. The van der Waals surface area contributed by atoms with E-state index in [1.54, 1.807) is 30.4 Å². The van der Waals surface area contributed by atoms with Crippen molar-refractivity contribution < 1.29 is 9.21 Å². The summed E-state index contributed by atoms with van der Waals surface area (Å²) < 4.78 is 5.61. The van der Waals surface area contributed by atoms with Gasteiger partial charge in [0.05, 0.1) is 22.4 Å². The number of nitrogens with zero attached hydrogens (tertiary/aromatic N) is 3. The molecular weight excluding hydrogens is 392 g/mol. The number of anilines is 1. The normalized spacial score (nSPS) is 12.2. The number of hydrogen-bond donors (Lipinski definition) is 1. The Labute approximate surface area is 164 Å². The Hall–Kier alpha value is -1.90. The molecule has 1 amide bonds. The van der Waals surface area contributed by atoms with Crippen LogP contribution in [-0.2, 0) is 11.2 Å². The molecule has 0 bridgehead atoms. The number of benzene rings is 1. The Morgan fingerprint density at radius 1 is 1.38 bits per heavy atom. The van der Waals surface area contributed by atoms with Crippen LogP contribution in [0.5, 0.6) is 0 Å². The molecule has 0 saturated heterocycles. The number of nitrogens with one attached hydrogen (secondary N) is 1. The van der Waals surface area contributed by atoms with Crippen molar-refractivity contribution in [3.63, 3.8) is 0 Å². The van der Waals surface area contributed by atoms with Gasteiger partial charge >= 0.3 is 0 Å². The van der Waals surface area contributed by atoms with Gasteiger partial charge < -0.3 is 9.73 Å². The molecule has 0 aliphatic carbocycles. The van der Waals surface area contributed by atoms with E-state index in [1.807, 2.05) is 25.3 Å². The fraction of sp³-hybridized carbons (Fsp3) is 0.294. The molecule has 2 heterocycles. The van der Waals surface area contributed by atoms with E-state index in [9.17, 15) is 4.79 Å². The highest BCUT2D eigenvalue weighted by Gasteiger charge is 2.19. The van der Waals surface area contributed by atoms with Gasteiger partial charge in [-0.3, -0.25) is 4.79 Å². The summed E-state index contributed by atoms with van der Waals surface area (Å²) in [5.74, 6) is 0.325. The molecule has 6 nitrogen and oxygen atoms in total. The Balaban J connectivity index is 1.59. The summed E-state index contributed by atoms with van der Waals surface area (Å²) in [4.78, 5) is 16.8. The molecular formula is C17H17ClN4O2S2. The smallest absolute Gasteiger partial charge is 0.277 e. The predicted octanol–water partition coefficient (Wildman–Crippen LogP) is 4.51. The Kier molecular flexibility index (Phi) is 5.95. The van der Waals surface area contributed by atoms with E-state index in [4.69, 9.17) is 16.0 Å². The largest absolute Gasteiger partial charge is 0.416 e. The van der Waals surface area contributed by atoms with Crippen molar-refractivity contribution in [2.45, 2.75) is 37.7 Å². The topological polar surface area (TPSA) is 80.9 Å². The van der Waals surface area contributed by atoms with Crippen LogP contribution in [0.2, 0.25) is 5.02 Å². The number of carbonyl (C=O) groups excluding carboxylic acids is 1. The van der Waals surface area contributed by atoms with Crippen molar-refractivity contribution in [3.05, 3.63) is 50.8 Å². The summed E-state index contributed by atoms with van der Waals surface area (Å²) in [6, 6.07) is 5.38. The first kappa shape index (κ1) is 18.9. The molecule has 1 atom stereocenters. The molecule has 0 saturated carbocycles. The average molecular weight is 409 g/mol. The van der Waals surface area contributed by atoms with Gasteiger partial charge in [-0.05, 0) is 38.5 Å². The van der Waals surface area contributed by atoms with Gasteiger partial charge in [-0.2, -0.15) is 0 Å². The van der Waals surface area contributed by atoms with E-state index < -0.39 is 5.25 Å². The highest BCUT2D eigenvalue weighted by atomic mass is 35.5. The number of thiazole rings is 1. The SMILES string of the molecule is Cc1nc(Cc2nnc(S[C@@H](C)C(=O)Nc3cc(Cl)ccc3C)o2)cs1. The van der Waals surface area contributed by atoms with Gasteiger partial charge in [-0.1, -0.05) is 29.4 Å². The molecule has 0 radical (unpaired) electrons. The zero-order valence-electron chi connectivity index (χ0n) is 14.4. The molecule has 1 N–H and O–H groups in total. The maximum absolute atomic E-state index is 12.4. The van der Waals surface area contributed by atoms with Gasteiger partial charge in [0.25, 0.3) is 5.22 Å². The minimum Gasteiger partial charge on any atom is -0.416 e. The zero-order valence-corrected chi connectivity index (χ0v) is 16.8. The Morgan fingerprint density at radius 2 is 2.19 bits per heavy atom. The van der Waals surface area contributed by atoms with E-state index in [0.717, 1.165) is 16.3 Å². The minimum atomic E-state index is -0.400. The van der Waals surface area contributed by atoms with Crippen molar-refractivity contribution in [3.8, 4) is 0 Å². The van der Waals surface area contributed by atoms with Crippen molar-refractivity contribution in [2.24, 2.45) is 0 Å². The molecule has 26 heavy (non-hydrogen) atoms. The van der Waals surface area contributed by atoms with Crippen molar-refractivity contribution in [2.75, 3.05) is 5.32 Å². The van der Waals surface area contributed by atoms with Gasteiger partial charge in [-0.15, -0.1) is 21.5 Å². The molecule has 3 rings (SSSR count). The first-order chi connectivity index (χ1) is 12.4. The highest BCUT2D eigenvalue weighted by molar-refractivity contribution is 8.00. The second-order valence-corrected chi connectivity index (χ2v) is 8.50. The molecule has 2 aromatic heterocycles. The van der Waals surface area contributed by atoms with Crippen LogP contribution < -0.4 is 5.32 Å². The number of hydrogen-bond acceptors (Lipinski definition) is 7. The molecule has 0 spiro atoms. The van der Waals surface area contributed by atoms with Crippen LogP contribution in [0.1, 0.15) is 29.1 Å². The third-order valence-corrected chi connectivity index (χ3v) is 5.54. The first-order valence-corrected chi connectivity index (χ1v) is 10.0. The third kappa shape index (κ3) is 4.84. The minimum absolute atomic E-state index is 0.157. The lowest BCUT2D eigenvalue weighted by atomic mass is 10.2. The van der Waals surface area contributed by atoms with E-state index in [2.05, 4.69) is 20.5 Å². The van der Waals surface area contributed by atoms with Crippen LogP contribution in [-0.4, -0.2) is 26.3 Å². The number of amides is 1. The van der Waals surface area contributed by atoms with Gasteiger partial charge in [-0.25, -0.2) is 4.98 Å². The third-order valence-electron chi connectivity index (χ3n) is 3.55. The lowest BCUT2D eigenvalue weighted by Crippen LogP contribution is -2.22. The van der Waals surface area contributed by atoms with Crippen LogP contribution in [0.25, 0.3) is 0 Å². The van der Waals surface area contributed by atoms with Gasteiger partial charge in [0.15, 0.2) is 0 Å². The average Bonchev–Trinajstić information content (AvgIpc) is 3.20. The fourth-order valence-corrected chi connectivity index (χ4v) is 3.66. The monoisotopic (exact) mass is 408 g/mol. The van der Waals surface area contributed by atoms with Crippen molar-refractivity contribution in [1.82, 2.24) is 15.2 Å². The van der Waals surface area contributed by atoms with Gasteiger partial charge in [0, 0.05) is 16.1 Å². The van der Waals surface area contributed by atoms with Gasteiger partial charge in [0.2, 0.25) is 11.8 Å². The Morgan fingerprint density at radius 3 is 2.92 bits per heavy atom. The molecule has 0 fully saturated rings. The molecule has 136 valence electrons. The van der Waals surface area contributed by atoms with Crippen LogP contribution in [0.15, 0.2) is 33.2 Å². The van der Waals surface area contributed by atoms with E-state index in [1.165, 1.54) is 11.8 Å². The summed E-state index contributed by atoms with van der Waals surface area (Å²) in [5.41, 5.74) is 2.54. The summed E-state index contributed by atoms with van der Waals surface area (Å²) in [5, 5.41) is 14.4. The summed E-state index contributed by atoms with van der Waals surface area (Å²) in [6.45, 7) is 5.65. The lowest BCUT2D eigenvalue weighted by Gasteiger charge is -2.12.